The van der Waals surface area contributed by atoms with Gasteiger partial charge in [0.15, 0.2) is 0 Å². The lowest BCUT2D eigenvalue weighted by Gasteiger charge is -2.22. The SMILES string of the molecule is COc1cc(CCCN)c(O)c2c1CCCC2. The van der Waals surface area contributed by atoms with Crippen LogP contribution >= 0.6 is 0 Å². The molecule has 0 unspecified atom stereocenters. The molecule has 94 valence electrons. The van der Waals surface area contributed by atoms with Crippen LogP contribution in [-0.4, -0.2) is 18.8 Å². The molecular formula is C14H21NO2. The van der Waals surface area contributed by atoms with Crippen molar-refractivity contribution in [3.8, 4) is 11.5 Å². The molecule has 0 atom stereocenters. The lowest BCUT2D eigenvalue weighted by molar-refractivity contribution is 0.398. The lowest BCUT2D eigenvalue weighted by atomic mass is 9.87. The summed E-state index contributed by atoms with van der Waals surface area (Å²) in [6, 6.07) is 1.98. The predicted molar refractivity (Wildman–Crippen MR) is 68.7 cm³/mol. The van der Waals surface area contributed by atoms with Gasteiger partial charge in [0.2, 0.25) is 0 Å². The highest BCUT2D eigenvalue weighted by molar-refractivity contribution is 5.54. The van der Waals surface area contributed by atoms with Crippen LogP contribution in [0, 0.1) is 0 Å². The predicted octanol–water partition coefficient (Wildman–Crippen LogP) is 2.17. The normalized spacial score (nSPS) is 14.5. The maximum absolute atomic E-state index is 10.3. The number of rotatable bonds is 4. The summed E-state index contributed by atoms with van der Waals surface area (Å²) in [5.41, 5.74) is 8.80. The Morgan fingerprint density at radius 1 is 1.29 bits per heavy atom. The quantitative estimate of drug-likeness (QED) is 0.841. The Labute approximate surface area is 103 Å². The fraction of sp³-hybridized carbons (Fsp3) is 0.571. The van der Waals surface area contributed by atoms with E-state index in [1.807, 2.05) is 6.07 Å². The molecule has 3 heteroatoms. The number of hydrogen-bond donors (Lipinski definition) is 2. The molecule has 1 aromatic rings. The Hall–Kier alpha value is -1.22. The number of nitrogens with two attached hydrogens (primary N) is 1. The van der Waals surface area contributed by atoms with E-state index < -0.39 is 0 Å². The number of aromatic hydroxyl groups is 1. The Morgan fingerprint density at radius 3 is 2.65 bits per heavy atom. The first-order valence-electron chi connectivity index (χ1n) is 6.38. The molecule has 0 saturated carbocycles. The van der Waals surface area contributed by atoms with Crippen molar-refractivity contribution >= 4 is 0 Å². The number of phenolic OH excluding ortho intramolecular Hbond substituents is 1. The number of benzene rings is 1. The molecule has 0 fully saturated rings. The third-order valence-corrected chi connectivity index (χ3v) is 3.53. The Morgan fingerprint density at radius 2 is 2.00 bits per heavy atom. The molecule has 2 rings (SSSR count). The molecule has 1 aromatic carbocycles. The van der Waals surface area contributed by atoms with Gasteiger partial charge in [-0.15, -0.1) is 0 Å². The van der Waals surface area contributed by atoms with E-state index in [9.17, 15) is 5.11 Å². The van der Waals surface area contributed by atoms with Gasteiger partial charge in [0, 0.05) is 11.1 Å². The van der Waals surface area contributed by atoms with Crippen LogP contribution in [0.15, 0.2) is 6.07 Å². The Balaban J connectivity index is 2.41. The van der Waals surface area contributed by atoms with Crippen molar-refractivity contribution in [3.63, 3.8) is 0 Å². The van der Waals surface area contributed by atoms with Crippen LogP contribution in [0.5, 0.6) is 11.5 Å². The molecule has 0 amide bonds. The number of aryl methyl sites for hydroxylation is 1. The third-order valence-electron chi connectivity index (χ3n) is 3.53. The van der Waals surface area contributed by atoms with Crippen molar-refractivity contribution in [2.75, 3.05) is 13.7 Å². The number of fused-ring (bicyclic) bond motifs is 1. The number of hydrogen-bond acceptors (Lipinski definition) is 3. The molecule has 3 N–H and O–H groups in total. The van der Waals surface area contributed by atoms with Gasteiger partial charge in [0.1, 0.15) is 11.5 Å². The molecule has 0 heterocycles. The summed E-state index contributed by atoms with van der Waals surface area (Å²) in [4.78, 5) is 0. The molecule has 0 aromatic heterocycles. The van der Waals surface area contributed by atoms with E-state index >= 15 is 0 Å². The van der Waals surface area contributed by atoms with Gasteiger partial charge in [-0.25, -0.2) is 0 Å². The van der Waals surface area contributed by atoms with E-state index in [0.29, 0.717) is 12.3 Å². The highest BCUT2D eigenvalue weighted by atomic mass is 16.5. The topological polar surface area (TPSA) is 55.5 Å². The summed E-state index contributed by atoms with van der Waals surface area (Å²) in [7, 11) is 1.70. The summed E-state index contributed by atoms with van der Waals surface area (Å²) in [5, 5.41) is 10.3. The van der Waals surface area contributed by atoms with Crippen molar-refractivity contribution in [1.82, 2.24) is 0 Å². The average molecular weight is 235 g/mol. The molecular weight excluding hydrogens is 214 g/mol. The van der Waals surface area contributed by atoms with Crippen LogP contribution in [-0.2, 0) is 19.3 Å². The first-order valence-corrected chi connectivity index (χ1v) is 6.38. The van der Waals surface area contributed by atoms with Crippen LogP contribution in [0.1, 0.15) is 36.0 Å². The first-order chi connectivity index (χ1) is 8.27. The lowest BCUT2D eigenvalue weighted by Crippen LogP contribution is -2.08. The second kappa shape index (κ2) is 5.41. The summed E-state index contributed by atoms with van der Waals surface area (Å²) in [5.74, 6) is 1.42. The summed E-state index contributed by atoms with van der Waals surface area (Å²) >= 11 is 0. The molecule has 1 aliphatic rings. The van der Waals surface area contributed by atoms with Crippen LogP contribution in [0.4, 0.5) is 0 Å². The van der Waals surface area contributed by atoms with Crippen molar-refractivity contribution in [3.05, 3.63) is 22.8 Å². The van der Waals surface area contributed by atoms with Crippen molar-refractivity contribution < 1.29 is 9.84 Å². The average Bonchev–Trinajstić information content (AvgIpc) is 2.38. The van der Waals surface area contributed by atoms with Crippen molar-refractivity contribution in [1.29, 1.82) is 0 Å². The van der Waals surface area contributed by atoms with E-state index in [-0.39, 0.29) is 0 Å². The maximum atomic E-state index is 10.3. The number of phenols is 1. The Bertz CT molecular complexity index is 402. The Kier molecular flexibility index (Phi) is 3.89. The molecule has 3 nitrogen and oxygen atoms in total. The van der Waals surface area contributed by atoms with Crippen LogP contribution in [0.25, 0.3) is 0 Å². The molecule has 1 aliphatic carbocycles. The zero-order valence-electron chi connectivity index (χ0n) is 10.5. The van der Waals surface area contributed by atoms with Gasteiger partial charge in [0.25, 0.3) is 0 Å². The largest absolute Gasteiger partial charge is 0.507 e. The van der Waals surface area contributed by atoms with Crippen LogP contribution in [0.2, 0.25) is 0 Å². The van der Waals surface area contributed by atoms with Crippen LogP contribution < -0.4 is 10.5 Å². The zero-order valence-corrected chi connectivity index (χ0v) is 10.5. The smallest absolute Gasteiger partial charge is 0.122 e. The standard InChI is InChI=1S/C14H21NO2/c1-17-13-9-10(5-4-8-15)14(16)12-7-3-2-6-11(12)13/h9,16H,2-8,15H2,1H3. The minimum atomic E-state index is 0.481. The molecule has 0 bridgehead atoms. The van der Waals surface area contributed by atoms with Crippen molar-refractivity contribution in [2.45, 2.75) is 38.5 Å². The van der Waals surface area contributed by atoms with Gasteiger partial charge in [-0.05, 0) is 56.7 Å². The second-order valence-electron chi connectivity index (χ2n) is 4.64. The molecule has 17 heavy (non-hydrogen) atoms. The van der Waals surface area contributed by atoms with E-state index in [1.165, 1.54) is 12.0 Å². The third kappa shape index (κ3) is 2.39. The fourth-order valence-electron chi connectivity index (χ4n) is 2.61. The van der Waals surface area contributed by atoms with E-state index in [2.05, 4.69) is 0 Å². The van der Waals surface area contributed by atoms with Crippen molar-refractivity contribution in [2.24, 2.45) is 5.73 Å². The number of methoxy groups -OCH3 is 1. The van der Waals surface area contributed by atoms with E-state index in [0.717, 1.165) is 49.0 Å². The monoisotopic (exact) mass is 235 g/mol. The van der Waals surface area contributed by atoms with E-state index in [1.54, 1.807) is 7.11 Å². The van der Waals surface area contributed by atoms with Gasteiger partial charge < -0.3 is 15.6 Å². The summed E-state index contributed by atoms with van der Waals surface area (Å²) in [6.45, 7) is 0.652. The summed E-state index contributed by atoms with van der Waals surface area (Å²) in [6.07, 6.45) is 6.05. The molecule has 0 saturated heterocycles. The minimum absolute atomic E-state index is 0.481. The van der Waals surface area contributed by atoms with Crippen LogP contribution in [0.3, 0.4) is 0 Å². The minimum Gasteiger partial charge on any atom is -0.507 e. The molecule has 0 spiro atoms. The van der Waals surface area contributed by atoms with Gasteiger partial charge in [0.05, 0.1) is 7.11 Å². The zero-order chi connectivity index (χ0) is 12.3. The second-order valence-corrected chi connectivity index (χ2v) is 4.64. The van der Waals surface area contributed by atoms with E-state index in [4.69, 9.17) is 10.5 Å². The van der Waals surface area contributed by atoms with Gasteiger partial charge in [-0.1, -0.05) is 0 Å². The molecule has 0 aliphatic heterocycles. The number of ether oxygens (including phenoxy) is 1. The fourth-order valence-corrected chi connectivity index (χ4v) is 2.61. The maximum Gasteiger partial charge on any atom is 0.122 e. The van der Waals surface area contributed by atoms with Gasteiger partial charge in [-0.2, -0.15) is 0 Å². The summed E-state index contributed by atoms with van der Waals surface area (Å²) < 4.78 is 5.45. The van der Waals surface area contributed by atoms with Gasteiger partial charge in [-0.3, -0.25) is 0 Å². The van der Waals surface area contributed by atoms with Gasteiger partial charge >= 0.3 is 0 Å². The molecule has 0 radical (unpaired) electrons. The highest BCUT2D eigenvalue weighted by Gasteiger charge is 2.20. The first kappa shape index (κ1) is 12.2. The highest BCUT2D eigenvalue weighted by Crippen LogP contribution is 2.38.